The highest BCUT2D eigenvalue weighted by atomic mass is 16.6. The smallest absolute Gasteiger partial charge is 0.306 e. The number of allylic oxidation sites excluding steroid dienone is 12. The number of hydrogen-bond donors (Lipinski definition) is 0. The molecule has 0 aliphatic heterocycles. The van der Waals surface area contributed by atoms with Gasteiger partial charge in [0.2, 0.25) is 0 Å². The Balaban J connectivity index is 4.47. The van der Waals surface area contributed by atoms with Crippen molar-refractivity contribution in [3.05, 3.63) is 72.9 Å². The van der Waals surface area contributed by atoms with Crippen LogP contribution in [-0.2, 0) is 28.6 Å². The predicted octanol–water partition coefficient (Wildman–Crippen LogP) is 17.4. The molecule has 0 aliphatic carbocycles. The highest BCUT2D eigenvalue weighted by Gasteiger charge is 2.19. The predicted molar refractivity (Wildman–Crippen MR) is 270 cm³/mol. The first-order chi connectivity index (χ1) is 31.0. The second-order valence-corrected chi connectivity index (χ2v) is 17.4. The number of esters is 3. The molecule has 63 heavy (non-hydrogen) atoms. The molecule has 0 fully saturated rings. The van der Waals surface area contributed by atoms with Crippen LogP contribution >= 0.6 is 0 Å². The lowest BCUT2D eigenvalue weighted by atomic mass is 10.0. The van der Waals surface area contributed by atoms with Gasteiger partial charge in [0.1, 0.15) is 13.2 Å². The molecule has 0 N–H and O–H groups in total. The van der Waals surface area contributed by atoms with E-state index in [0.717, 1.165) is 83.5 Å². The molecule has 0 rings (SSSR count). The van der Waals surface area contributed by atoms with Gasteiger partial charge < -0.3 is 14.2 Å². The highest BCUT2D eigenvalue weighted by Crippen LogP contribution is 2.15. The van der Waals surface area contributed by atoms with E-state index >= 15 is 0 Å². The Morgan fingerprint density at radius 1 is 0.333 bits per heavy atom. The maximum absolute atomic E-state index is 12.8. The minimum absolute atomic E-state index is 0.107. The molecule has 0 aromatic rings. The quantitative estimate of drug-likeness (QED) is 0.0262. The summed E-state index contributed by atoms with van der Waals surface area (Å²) in [5.41, 5.74) is 0. The van der Waals surface area contributed by atoms with Crippen LogP contribution in [0.2, 0.25) is 0 Å². The lowest BCUT2D eigenvalue weighted by molar-refractivity contribution is -0.166. The Morgan fingerprint density at radius 3 is 1.08 bits per heavy atom. The molecule has 0 aromatic carbocycles. The van der Waals surface area contributed by atoms with Crippen LogP contribution in [0.4, 0.5) is 0 Å². The van der Waals surface area contributed by atoms with Crippen LogP contribution in [0.15, 0.2) is 72.9 Å². The number of carbonyl (C=O) groups is 3. The van der Waals surface area contributed by atoms with Crippen LogP contribution in [-0.4, -0.2) is 37.2 Å². The number of hydrogen-bond acceptors (Lipinski definition) is 6. The van der Waals surface area contributed by atoms with Gasteiger partial charge in [0.25, 0.3) is 0 Å². The van der Waals surface area contributed by atoms with E-state index in [1.54, 1.807) is 0 Å². The van der Waals surface area contributed by atoms with Crippen molar-refractivity contribution >= 4 is 17.9 Å². The maximum atomic E-state index is 12.8. The van der Waals surface area contributed by atoms with Crippen LogP contribution in [0.5, 0.6) is 0 Å². The SMILES string of the molecule is CC/C=C/C/C=C/C/C=C/C/C=C/CCCCCC(=O)OCC(COC(=O)CC/C=C/C/C=C/CCCCCCCC)OC(=O)CCCCCCCCCCCCCCCCCC. The van der Waals surface area contributed by atoms with E-state index < -0.39 is 6.10 Å². The third-order valence-electron chi connectivity index (χ3n) is 11.2. The summed E-state index contributed by atoms with van der Waals surface area (Å²) in [7, 11) is 0. The van der Waals surface area contributed by atoms with E-state index in [0.29, 0.717) is 19.3 Å². The molecule has 0 saturated heterocycles. The number of rotatable bonds is 47. The molecule has 0 heterocycles. The van der Waals surface area contributed by atoms with Crippen molar-refractivity contribution in [2.24, 2.45) is 0 Å². The largest absolute Gasteiger partial charge is 0.462 e. The van der Waals surface area contributed by atoms with Crippen LogP contribution in [0, 0.1) is 0 Å². The van der Waals surface area contributed by atoms with Crippen LogP contribution in [0.3, 0.4) is 0 Å². The molecule has 0 aliphatic rings. The monoisotopic (exact) mass is 879 g/mol. The van der Waals surface area contributed by atoms with Gasteiger partial charge in [0.15, 0.2) is 6.10 Å². The third-order valence-corrected chi connectivity index (χ3v) is 11.2. The molecule has 1 atom stereocenters. The van der Waals surface area contributed by atoms with Crippen LogP contribution in [0.25, 0.3) is 0 Å². The van der Waals surface area contributed by atoms with E-state index in [4.69, 9.17) is 14.2 Å². The van der Waals surface area contributed by atoms with Crippen molar-refractivity contribution in [3.63, 3.8) is 0 Å². The van der Waals surface area contributed by atoms with Gasteiger partial charge in [-0.15, -0.1) is 0 Å². The standard InChI is InChI=1S/C57H98O6/c1-4-7-10-13-16-19-22-25-27-29-32-35-38-41-44-47-50-56(59)62-53-54(52-61-55(58)49-46-43-40-37-34-31-24-21-18-15-12-9-6-3)63-57(60)51-48-45-42-39-36-33-30-28-26-23-20-17-14-11-8-5-2/h7,10,16,19,25,27,31-32,34-35,40,43,54H,4-6,8-9,11-15,17-18,20-24,26,28-30,33,36-39,41-42,44-53H2,1-3H3/b10-7+,19-16+,27-25+,34-31+,35-32+,43-40+. The zero-order chi connectivity index (χ0) is 45.8. The Bertz CT molecular complexity index is 1190. The molecule has 0 spiro atoms. The summed E-state index contributed by atoms with van der Waals surface area (Å²) in [6.07, 6.45) is 64.7. The van der Waals surface area contributed by atoms with Gasteiger partial charge >= 0.3 is 17.9 Å². The first-order valence-electron chi connectivity index (χ1n) is 26.4. The van der Waals surface area contributed by atoms with Crippen molar-refractivity contribution in [2.75, 3.05) is 13.2 Å². The molecule has 0 radical (unpaired) electrons. The third kappa shape index (κ3) is 49.7. The first-order valence-corrected chi connectivity index (χ1v) is 26.4. The molecule has 0 bridgehead atoms. The average molecular weight is 879 g/mol. The summed E-state index contributed by atoms with van der Waals surface area (Å²) < 4.78 is 16.7. The Morgan fingerprint density at radius 2 is 0.651 bits per heavy atom. The fourth-order valence-corrected chi connectivity index (χ4v) is 7.25. The van der Waals surface area contributed by atoms with Gasteiger partial charge in [0, 0.05) is 19.3 Å². The minimum atomic E-state index is -0.808. The second-order valence-electron chi connectivity index (χ2n) is 17.4. The lowest BCUT2D eigenvalue weighted by Crippen LogP contribution is -2.30. The fraction of sp³-hybridized carbons (Fsp3) is 0.737. The van der Waals surface area contributed by atoms with Crippen molar-refractivity contribution in [3.8, 4) is 0 Å². The minimum Gasteiger partial charge on any atom is -0.462 e. The molecule has 0 saturated carbocycles. The molecular weight excluding hydrogens is 781 g/mol. The summed E-state index contributed by atoms with van der Waals surface area (Å²) in [5.74, 6) is -1.00. The fourth-order valence-electron chi connectivity index (χ4n) is 7.25. The van der Waals surface area contributed by atoms with Gasteiger partial charge in [-0.3, -0.25) is 14.4 Å². The summed E-state index contributed by atoms with van der Waals surface area (Å²) in [5, 5.41) is 0. The summed E-state index contributed by atoms with van der Waals surface area (Å²) in [6.45, 7) is 6.45. The molecule has 6 nitrogen and oxygen atoms in total. The molecule has 0 amide bonds. The molecule has 6 heteroatoms. The van der Waals surface area contributed by atoms with Crippen molar-refractivity contribution in [1.29, 1.82) is 0 Å². The van der Waals surface area contributed by atoms with Gasteiger partial charge in [-0.2, -0.15) is 0 Å². The average Bonchev–Trinajstić information content (AvgIpc) is 3.28. The van der Waals surface area contributed by atoms with E-state index in [2.05, 4.69) is 87.6 Å². The molecule has 362 valence electrons. The second kappa shape index (κ2) is 51.5. The Labute approximate surface area is 389 Å². The zero-order valence-corrected chi connectivity index (χ0v) is 41.3. The van der Waals surface area contributed by atoms with Crippen molar-refractivity contribution < 1.29 is 28.6 Å². The summed E-state index contributed by atoms with van der Waals surface area (Å²) in [4.78, 5) is 38.0. The van der Waals surface area contributed by atoms with Gasteiger partial charge in [-0.05, 0) is 77.0 Å². The van der Waals surface area contributed by atoms with Gasteiger partial charge in [0.05, 0.1) is 0 Å². The molecule has 1 unspecified atom stereocenters. The number of carbonyl (C=O) groups excluding carboxylic acids is 3. The summed E-state index contributed by atoms with van der Waals surface area (Å²) in [6, 6.07) is 0. The van der Waals surface area contributed by atoms with E-state index in [1.807, 2.05) is 6.08 Å². The number of unbranched alkanes of at least 4 members (excludes halogenated alkanes) is 24. The topological polar surface area (TPSA) is 78.9 Å². The van der Waals surface area contributed by atoms with Crippen molar-refractivity contribution in [1.82, 2.24) is 0 Å². The highest BCUT2D eigenvalue weighted by molar-refractivity contribution is 5.71. The first kappa shape index (κ1) is 59.9. The van der Waals surface area contributed by atoms with E-state index in [1.165, 1.54) is 122 Å². The molecular formula is C57H98O6. The van der Waals surface area contributed by atoms with Gasteiger partial charge in [-0.1, -0.05) is 229 Å². The molecule has 0 aromatic heterocycles. The van der Waals surface area contributed by atoms with Crippen LogP contribution in [0.1, 0.15) is 252 Å². The van der Waals surface area contributed by atoms with E-state index in [9.17, 15) is 14.4 Å². The zero-order valence-electron chi connectivity index (χ0n) is 41.3. The van der Waals surface area contributed by atoms with Crippen molar-refractivity contribution in [2.45, 2.75) is 258 Å². The Kier molecular flexibility index (Phi) is 48.9. The van der Waals surface area contributed by atoms with Crippen LogP contribution < -0.4 is 0 Å². The van der Waals surface area contributed by atoms with Gasteiger partial charge in [-0.25, -0.2) is 0 Å². The summed E-state index contributed by atoms with van der Waals surface area (Å²) >= 11 is 0. The lowest BCUT2D eigenvalue weighted by Gasteiger charge is -2.18. The normalized spacial score (nSPS) is 12.6. The Hall–Kier alpha value is -3.15. The number of ether oxygens (including phenoxy) is 3. The van der Waals surface area contributed by atoms with E-state index in [-0.39, 0.29) is 37.5 Å². The maximum Gasteiger partial charge on any atom is 0.306 e.